The Labute approximate surface area is 104 Å². The van der Waals surface area contributed by atoms with E-state index in [2.05, 4.69) is 36.2 Å². The van der Waals surface area contributed by atoms with Crippen molar-refractivity contribution in [3.63, 3.8) is 0 Å². The minimum Gasteiger partial charge on any atom is -0.335 e. The zero-order valence-electron chi connectivity index (χ0n) is 7.87. The highest BCUT2D eigenvalue weighted by Crippen LogP contribution is 2.22. The van der Waals surface area contributed by atoms with Gasteiger partial charge in [-0.2, -0.15) is 4.98 Å². The van der Waals surface area contributed by atoms with Crippen LogP contribution in [0.4, 0.5) is 11.5 Å². The van der Waals surface area contributed by atoms with Crippen LogP contribution in [0.5, 0.6) is 0 Å². The lowest BCUT2D eigenvalue weighted by Gasteiger charge is -2.05. The number of halogens is 2. The van der Waals surface area contributed by atoms with Crippen LogP contribution in [0.2, 0.25) is 5.28 Å². The predicted molar refractivity (Wildman–Crippen MR) is 65.1 cm³/mol. The number of pyridine rings is 1. The number of aromatic nitrogens is 3. The monoisotopic (exact) mass is 300 g/mol. The van der Waals surface area contributed by atoms with Crippen molar-refractivity contribution >= 4 is 39.0 Å². The molecule has 2 heterocycles. The minimum absolute atomic E-state index is 0.109. The average Bonchev–Trinajstić information content (AvgIpc) is 2.27. The third-order valence-electron chi connectivity index (χ3n) is 1.79. The van der Waals surface area contributed by atoms with Gasteiger partial charge in [-0.3, -0.25) is 4.79 Å². The van der Waals surface area contributed by atoms with Crippen molar-refractivity contribution in [3.05, 3.63) is 44.6 Å². The minimum atomic E-state index is -0.232. The highest BCUT2D eigenvalue weighted by molar-refractivity contribution is 9.10. The molecule has 0 spiro atoms. The van der Waals surface area contributed by atoms with Crippen molar-refractivity contribution in [2.45, 2.75) is 0 Å². The lowest BCUT2D eigenvalue weighted by atomic mass is 10.4. The Morgan fingerprint density at radius 2 is 2.31 bits per heavy atom. The molecule has 2 aromatic heterocycles. The van der Waals surface area contributed by atoms with Gasteiger partial charge in [-0.1, -0.05) is 0 Å². The van der Waals surface area contributed by atoms with Crippen LogP contribution in [-0.2, 0) is 0 Å². The molecule has 2 N–H and O–H groups in total. The SMILES string of the molecule is O=c1[nH]cccc1Nc1nc(Cl)ncc1Br. The van der Waals surface area contributed by atoms with Gasteiger partial charge in [0.1, 0.15) is 11.5 Å². The van der Waals surface area contributed by atoms with Crippen LogP contribution in [-0.4, -0.2) is 15.0 Å². The van der Waals surface area contributed by atoms with Crippen LogP contribution in [0, 0.1) is 0 Å². The van der Waals surface area contributed by atoms with E-state index < -0.39 is 0 Å². The van der Waals surface area contributed by atoms with Crippen molar-refractivity contribution in [2.24, 2.45) is 0 Å². The van der Waals surface area contributed by atoms with Crippen LogP contribution < -0.4 is 10.9 Å². The maximum atomic E-state index is 11.4. The van der Waals surface area contributed by atoms with Gasteiger partial charge in [0.25, 0.3) is 5.56 Å². The van der Waals surface area contributed by atoms with Gasteiger partial charge in [0, 0.05) is 12.4 Å². The second-order valence-corrected chi connectivity index (χ2v) is 4.07. The number of hydrogen-bond acceptors (Lipinski definition) is 4. The third kappa shape index (κ3) is 2.40. The van der Waals surface area contributed by atoms with E-state index >= 15 is 0 Å². The van der Waals surface area contributed by atoms with Crippen molar-refractivity contribution in [1.29, 1.82) is 0 Å². The molecule has 0 aliphatic heterocycles. The van der Waals surface area contributed by atoms with E-state index in [-0.39, 0.29) is 10.8 Å². The molecule has 7 heteroatoms. The number of nitrogens with one attached hydrogen (secondary N) is 2. The summed E-state index contributed by atoms with van der Waals surface area (Å²) in [4.78, 5) is 21.7. The fourth-order valence-electron chi connectivity index (χ4n) is 1.08. The van der Waals surface area contributed by atoms with Crippen molar-refractivity contribution < 1.29 is 0 Å². The summed E-state index contributed by atoms with van der Waals surface area (Å²) in [6.45, 7) is 0. The van der Waals surface area contributed by atoms with Crippen molar-refractivity contribution in [3.8, 4) is 0 Å². The van der Waals surface area contributed by atoms with E-state index in [1.807, 2.05) is 0 Å². The molecule has 0 atom stereocenters. The maximum absolute atomic E-state index is 11.4. The molecule has 0 fully saturated rings. The summed E-state index contributed by atoms with van der Waals surface area (Å²) in [5, 5.41) is 2.96. The van der Waals surface area contributed by atoms with E-state index in [1.165, 1.54) is 6.20 Å². The number of aromatic amines is 1. The van der Waals surface area contributed by atoms with Crippen LogP contribution in [0.3, 0.4) is 0 Å². The molecule has 0 saturated heterocycles. The Bertz CT molecular complexity index is 571. The van der Waals surface area contributed by atoms with Crippen LogP contribution in [0.15, 0.2) is 33.8 Å². The van der Waals surface area contributed by atoms with Crippen molar-refractivity contribution in [1.82, 2.24) is 15.0 Å². The molecule has 0 aliphatic carbocycles. The number of nitrogens with zero attached hydrogens (tertiary/aromatic N) is 2. The van der Waals surface area contributed by atoms with E-state index in [0.717, 1.165) is 0 Å². The van der Waals surface area contributed by atoms with E-state index in [0.29, 0.717) is 16.0 Å². The molecule has 5 nitrogen and oxygen atoms in total. The third-order valence-corrected chi connectivity index (χ3v) is 2.55. The molecule has 0 bridgehead atoms. The molecule has 2 aromatic rings. The van der Waals surface area contributed by atoms with Crippen LogP contribution in [0.1, 0.15) is 0 Å². The lowest BCUT2D eigenvalue weighted by Crippen LogP contribution is -2.11. The molecule has 0 radical (unpaired) electrons. The van der Waals surface area contributed by atoms with Gasteiger partial charge < -0.3 is 10.3 Å². The first-order chi connectivity index (χ1) is 7.66. The van der Waals surface area contributed by atoms with Gasteiger partial charge in [-0.15, -0.1) is 0 Å². The Hall–Kier alpha value is -1.40. The first kappa shape index (κ1) is 11.1. The topological polar surface area (TPSA) is 70.7 Å². The number of rotatable bonds is 2. The zero-order valence-corrected chi connectivity index (χ0v) is 10.2. The standard InChI is InChI=1S/C9H6BrClN4O/c10-5-4-13-9(11)15-7(5)14-6-2-1-3-12-8(6)16/h1-4H,(H,12,16)(H,13,14,15). The van der Waals surface area contributed by atoms with Gasteiger partial charge in [-0.25, -0.2) is 4.98 Å². The number of anilines is 2. The normalized spacial score (nSPS) is 10.1. The molecular formula is C9H6BrClN4O. The Morgan fingerprint density at radius 3 is 3.06 bits per heavy atom. The van der Waals surface area contributed by atoms with E-state index in [9.17, 15) is 4.79 Å². The highest BCUT2D eigenvalue weighted by atomic mass is 79.9. The largest absolute Gasteiger partial charge is 0.335 e. The molecule has 0 aliphatic rings. The number of hydrogen-bond donors (Lipinski definition) is 2. The molecule has 0 amide bonds. The van der Waals surface area contributed by atoms with Crippen LogP contribution in [0.25, 0.3) is 0 Å². The molecule has 0 saturated carbocycles. The molecule has 82 valence electrons. The average molecular weight is 302 g/mol. The molecule has 16 heavy (non-hydrogen) atoms. The first-order valence-corrected chi connectivity index (χ1v) is 5.46. The Balaban J connectivity index is 2.38. The summed E-state index contributed by atoms with van der Waals surface area (Å²) in [6.07, 6.45) is 3.06. The molecule has 0 aromatic carbocycles. The first-order valence-electron chi connectivity index (χ1n) is 4.29. The van der Waals surface area contributed by atoms with Crippen LogP contribution >= 0.6 is 27.5 Å². The van der Waals surface area contributed by atoms with Crippen molar-refractivity contribution in [2.75, 3.05) is 5.32 Å². The summed E-state index contributed by atoms with van der Waals surface area (Å²) in [5.74, 6) is 0.441. The second-order valence-electron chi connectivity index (χ2n) is 2.87. The molecule has 0 unspecified atom stereocenters. The summed E-state index contributed by atoms with van der Waals surface area (Å²) < 4.78 is 0.625. The Morgan fingerprint density at radius 1 is 1.50 bits per heavy atom. The van der Waals surface area contributed by atoms with E-state index in [1.54, 1.807) is 18.3 Å². The second kappa shape index (κ2) is 4.63. The van der Waals surface area contributed by atoms with Gasteiger partial charge >= 0.3 is 0 Å². The zero-order chi connectivity index (χ0) is 11.5. The summed E-state index contributed by atoms with van der Waals surface area (Å²) in [6, 6.07) is 3.35. The van der Waals surface area contributed by atoms with Gasteiger partial charge in [-0.05, 0) is 39.7 Å². The fourth-order valence-corrected chi connectivity index (χ4v) is 1.50. The van der Waals surface area contributed by atoms with Gasteiger partial charge in [0.15, 0.2) is 0 Å². The lowest BCUT2D eigenvalue weighted by molar-refractivity contribution is 1.14. The Kier molecular flexibility index (Phi) is 3.21. The van der Waals surface area contributed by atoms with Gasteiger partial charge in [0.05, 0.1) is 4.47 Å². The molecular weight excluding hydrogens is 295 g/mol. The van der Waals surface area contributed by atoms with Gasteiger partial charge in [0.2, 0.25) is 5.28 Å². The number of H-pyrrole nitrogens is 1. The highest BCUT2D eigenvalue weighted by Gasteiger charge is 2.05. The maximum Gasteiger partial charge on any atom is 0.271 e. The predicted octanol–water partition coefficient (Wildman–Crippen LogP) is 2.32. The quantitative estimate of drug-likeness (QED) is 0.835. The summed E-state index contributed by atoms with van der Waals surface area (Å²) >= 11 is 8.91. The summed E-state index contributed by atoms with van der Waals surface area (Å²) in [7, 11) is 0. The molecule has 2 rings (SSSR count). The fraction of sp³-hybridized carbons (Fsp3) is 0. The summed E-state index contributed by atoms with van der Waals surface area (Å²) in [5.41, 5.74) is 0.155. The van der Waals surface area contributed by atoms with E-state index in [4.69, 9.17) is 11.6 Å². The smallest absolute Gasteiger partial charge is 0.271 e.